The van der Waals surface area contributed by atoms with Gasteiger partial charge in [-0.3, -0.25) is 15.0 Å². The first-order valence-electron chi connectivity index (χ1n) is 9.59. The molecule has 8 nitrogen and oxygen atoms in total. The standard InChI is InChI=1S/C19H23N5O3S/c1-23(12-16-20-13-7-3-4-8-14(13)28-16)11-15(25)22-24-17(26)19(21-18(24)27)9-5-2-6-10-19/h3-4,7-8H,2,5-6,9-12H2,1H3,(H,21,27)(H,22,25)/p+1. The summed E-state index contributed by atoms with van der Waals surface area (Å²) in [6.45, 7) is 0.733. The molecule has 2 aliphatic rings. The van der Waals surface area contributed by atoms with Crippen LogP contribution in [0.2, 0.25) is 0 Å². The van der Waals surface area contributed by atoms with Crippen molar-refractivity contribution in [3.05, 3.63) is 29.3 Å². The average molecular weight is 403 g/mol. The highest BCUT2D eigenvalue weighted by Crippen LogP contribution is 2.32. The molecule has 1 saturated carbocycles. The number of fused-ring (bicyclic) bond motifs is 1. The summed E-state index contributed by atoms with van der Waals surface area (Å²) in [6.07, 6.45) is 4.14. The van der Waals surface area contributed by atoms with Crippen molar-refractivity contribution in [3.63, 3.8) is 0 Å². The van der Waals surface area contributed by atoms with Gasteiger partial charge in [-0.1, -0.05) is 31.4 Å². The molecule has 3 N–H and O–H groups in total. The summed E-state index contributed by atoms with van der Waals surface area (Å²) < 4.78 is 1.12. The number of para-hydroxylation sites is 1. The van der Waals surface area contributed by atoms with Crippen LogP contribution in [0.1, 0.15) is 37.1 Å². The van der Waals surface area contributed by atoms with Crippen molar-refractivity contribution in [2.75, 3.05) is 13.6 Å². The number of amides is 4. The lowest BCUT2D eigenvalue weighted by Gasteiger charge is -2.30. The Labute approximate surface area is 166 Å². The molecule has 4 rings (SSSR count). The molecule has 1 unspecified atom stereocenters. The highest BCUT2D eigenvalue weighted by molar-refractivity contribution is 7.18. The van der Waals surface area contributed by atoms with Crippen LogP contribution in [0, 0.1) is 0 Å². The highest BCUT2D eigenvalue weighted by atomic mass is 32.1. The Kier molecular flexibility index (Phi) is 5.03. The van der Waals surface area contributed by atoms with Gasteiger partial charge in [-0.05, 0) is 25.0 Å². The topological polar surface area (TPSA) is 95.8 Å². The Balaban J connectivity index is 1.34. The van der Waals surface area contributed by atoms with E-state index in [1.165, 1.54) is 0 Å². The fraction of sp³-hybridized carbons (Fsp3) is 0.474. The molecule has 1 aliphatic carbocycles. The monoisotopic (exact) mass is 402 g/mol. The Morgan fingerprint density at radius 1 is 1.29 bits per heavy atom. The summed E-state index contributed by atoms with van der Waals surface area (Å²) in [4.78, 5) is 42.9. The molecule has 2 fully saturated rings. The molecule has 0 bridgehead atoms. The zero-order chi connectivity index (χ0) is 19.7. The van der Waals surface area contributed by atoms with Gasteiger partial charge in [0.1, 0.15) is 17.1 Å². The Morgan fingerprint density at radius 3 is 2.79 bits per heavy atom. The van der Waals surface area contributed by atoms with Crippen molar-refractivity contribution in [1.29, 1.82) is 0 Å². The van der Waals surface area contributed by atoms with E-state index >= 15 is 0 Å². The van der Waals surface area contributed by atoms with Gasteiger partial charge in [-0.15, -0.1) is 11.3 Å². The first-order valence-corrected chi connectivity index (χ1v) is 10.4. The van der Waals surface area contributed by atoms with Crippen molar-refractivity contribution in [1.82, 2.24) is 20.7 Å². The highest BCUT2D eigenvalue weighted by Gasteiger charge is 2.52. The van der Waals surface area contributed by atoms with Gasteiger partial charge in [0.15, 0.2) is 6.54 Å². The van der Waals surface area contributed by atoms with Gasteiger partial charge < -0.3 is 10.2 Å². The van der Waals surface area contributed by atoms with Crippen LogP contribution < -0.4 is 15.6 Å². The van der Waals surface area contributed by atoms with Crippen LogP contribution >= 0.6 is 11.3 Å². The molecular weight excluding hydrogens is 378 g/mol. The number of quaternary nitrogens is 1. The van der Waals surface area contributed by atoms with Crippen molar-refractivity contribution >= 4 is 39.4 Å². The number of hydrogen-bond donors (Lipinski definition) is 3. The predicted molar refractivity (Wildman–Crippen MR) is 104 cm³/mol. The molecule has 1 atom stereocenters. The van der Waals surface area contributed by atoms with E-state index in [1.807, 2.05) is 31.3 Å². The quantitative estimate of drug-likeness (QED) is 0.638. The summed E-state index contributed by atoms with van der Waals surface area (Å²) in [7, 11) is 1.89. The van der Waals surface area contributed by atoms with E-state index in [2.05, 4.69) is 15.7 Å². The molecule has 1 aromatic carbocycles. The second-order valence-electron chi connectivity index (χ2n) is 7.63. The van der Waals surface area contributed by atoms with Crippen molar-refractivity contribution in [3.8, 4) is 0 Å². The Bertz CT molecular complexity index is 888. The van der Waals surface area contributed by atoms with Crippen LogP contribution in [0.25, 0.3) is 10.2 Å². The summed E-state index contributed by atoms with van der Waals surface area (Å²) in [5.74, 6) is -0.704. The van der Waals surface area contributed by atoms with Crippen molar-refractivity contribution in [2.24, 2.45) is 0 Å². The van der Waals surface area contributed by atoms with E-state index < -0.39 is 11.6 Å². The van der Waals surface area contributed by atoms with Crippen LogP contribution in [0.5, 0.6) is 0 Å². The minimum atomic E-state index is -0.831. The van der Waals surface area contributed by atoms with E-state index in [9.17, 15) is 14.4 Å². The average Bonchev–Trinajstić information content (AvgIpc) is 3.16. The van der Waals surface area contributed by atoms with Gasteiger partial charge in [0.05, 0.1) is 17.3 Å². The van der Waals surface area contributed by atoms with Gasteiger partial charge in [0.25, 0.3) is 11.8 Å². The lowest BCUT2D eigenvalue weighted by Crippen LogP contribution is -3.09. The van der Waals surface area contributed by atoms with Crippen LogP contribution in [-0.2, 0) is 16.1 Å². The second kappa shape index (κ2) is 7.48. The molecular formula is C19H24N5O3S+. The van der Waals surface area contributed by atoms with Crippen LogP contribution in [0.3, 0.4) is 0 Å². The number of hydrogen-bond acceptors (Lipinski definition) is 5. The van der Waals surface area contributed by atoms with E-state index in [0.717, 1.165) is 44.4 Å². The normalized spacial score (nSPS) is 19.8. The molecule has 0 radical (unpaired) electrons. The lowest BCUT2D eigenvalue weighted by atomic mass is 9.82. The zero-order valence-electron chi connectivity index (χ0n) is 15.8. The van der Waals surface area contributed by atoms with Gasteiger partial charge in [-0.2, -0.15) is 5.01 Å². The molecule has 2 heterocycles. The number of imide groups is 1. The smallest absolute Gasteiger partial charge is 0.324 e. The largest absolute Gasteiger partial charge is 0.344 e. The molecule has 1 aromatic heterocycles. The van der Waals surface area contributed by atoms with E-state index in [0.29, 0.717) is 19.4 Å². The third-order valence-corrected chi connectivity index (χ3v) is 6.40. The maximum atomic E-state index is 12.7. The fourth-order valence-electron chi connectivity index (χ4n) is 3.97. The van der Waals surface area contributed by atoms with Crippen LogP contribution in [0.15, 0.2) is 24.3 Å². The number of thiazole rings is 1. The first-order chi connectivity index (χ1) is 13.5. The molecule has 1 aliphatic heterocycles. The van der Waals surface area contributed by atoms with Crippen molar-refractivity contribution in [2.45, 2.75) is 44.2 Å². The molecule has 1 spiro atoms. The predicted octanol–water partition coefficient (Wildman–Crippen LogP) is 0.597. The maximum Gasteiger partial charge on any atom is 0.344 e. The number of rotatable bonds is 5. The number of benzene rings is 1. The number of hydrazine groups is 1. The number of nitrogens with zero attached hydrogens (tertiary/aromatic N) is 2. The van der Waals surface area contributed by atoms with Gasteiger partial charge in [0.2, 0.25) is 0 Å². The number of carbonyl (C=O) groups excluding carboxylic acids is 3. The number of nitrogens with one attached hydrogen (secondary N) is 3. The molecule has 148 valence electrons. The Morgan fingerprint density at radius 2 is 2.04 bits per heavy atom. The molecule has 9 heteroatoms. The third kappa shape index (κ3) is 3.59. The third-order valence-electron chi connectivity index (χ3n) is 5.36. The number of urea groups is 1. The fourth-order valence-corrected chi connectivity index (χ4v) is 5.05. The van der Waals surface area contributed by atoms with Crippen molar-refractivity contribution < 1.29 is 19.3 Å². The molecule has 1 saturated heterocycles. The van der Waals surface area contributed by atoms with Crippen LogP contribution in [-0.4, -0.2) is 47.0 Å². The number of carbonyl (C=O) groups is 3. The minimum Gasteiger partial charge on any atom is -0.324 e. The molecule has 2 aromatic rings. The Hall–Kier alpha value is -2.52. The maximum absolute atomic E-state index is 12.7. The first kappa shape index (κ1) is 18.8. The summed E-state index contributed by atoms with van der Waals surface area (Å²) >= 11 is 1.61. The summed E-state index contributed by atoms with van der Waals surface area (Å²) in [5.41, 5.74) is 2.61. The number of aromatic nitrogens is 1. The van der Waals surface area contributed by atoms with Gasteiger partial charge >= 0.3 is 6.03 Å². The summed E-state index contributed by atoms with van der Waals surface area (Å²) in [5, 5.41) is 4.60. The SMILES string of the molecule is C[NH+](CC(=O)NN1C(=O)NC2(CCCCC2)C1=O)Cc1nc2ccccc2s1. The minimum absolute atomic E-state index is 0.139. The number of likely N-dealkylation sites (N-methyl/N-ethyl adjacent to an activating group) is 1. The zero-order valence-corrected chi connectivity index (χ0v) is 16.6. The lowest BCUT2D eigenvalue weighted by molar-refractivity contribution is -0.885. The second-order valence-corrected chi connectivity index (χ2v) is 8.75. The van der Waals surface area contributed by atoms with E-state index in [4.69, 9.17) is 0 Å². The molecule has 4 amide bonds. The van der Waals surface area contributed by atoms with Gasteiger partial charge in [0, 0.05) is 0 Å². The van der Waals surface area contributed by atoms with Crippen LogP contribution in [0.4, 0.5) is 4.79 Å². The van der Waals surface area contributed by atoms with E-state index in [-0.39, 0.29) is 18.4 Å². The summed E-state index contributed by atoms with van der Waals surface area (Å²) in [6, 6.07) is 7.38. The van der Waals surface area contributed by atoms with E-state index in [1.54, 1.807) is 11.3 Å². The van der Waals surface area contributed by atoms with Gasteiger partial charge in [-0.25, -0.2) is 9.78 Å². The molecule has 28 heavy (non-hydrogen) atoms.